The third-order valence-electron chi connectivity index (χ3n) is 3.57. The first kappa shape index (κ1) is 16.9. The van der Waals surface area contributed by atoms with Crippen LogP contribution < -0.4 is 15.2 Å². The van der Waals surface area contributed by atoms with Gasteiger partial charge in [-0.2, -0.15) is 8.78 Å². The maximum atomic E-state index is 12.5. The Balaban J connectivity index is 2.14. The Bertz CT molecular complexity index is 474. The van der Waals surface area contributed by atoms with Crippen molar-refractivity contribution < 1.29 is 23.0 Å². The van der Waals surface area contributed by atoms with Crippen molar-refractivity contribution in [2.75, 3.05) is 33.4 Å². The zero-order valence-electron chi connectivity index (χ0n) is 12.6. The molecule has 1 aromatic rings. The van der Waals surface area contributed by atoms with Crippen molar-refractivity contribution in [2.45, 2.75) is 25.7 Å². The van der Waals surface area contributed by atoms with Crippen LogP contribution in [0, 0.1) is 0 Å². The van der Waals surface area contributed by atoms with Gasteiger partial charge in [0.15, 0.2) is 0 Å². The van der Waals surface area contributed by atoms with E-state index in [9.17, 15) is 8.78 Å². The Kier molecular flexibility index (Phi) is 6.35. The largest absolute Gasteiger partial charge is 0.497 e. The fourth-order valence-corrected chi connectivity index (χ4v) is 2.51. The highest BCUT2D eigenvalue weighted by atomic mass is 19.3. The summed E-state index contributed by atoms with van der Waals surface area (Å²) >= 11 is 0. The Hall–Kier alpha value is -1.44. The number of benzene rings is 1. The highest BCUT2D eigenvalue weighted by Gasteiger charge is 2.20. The molecule has 2 rings (SSSR count). The highest BCUT2D eigenvalue weighted by Crippen LogP contribution is 2.27. The monoisotopic (exact) mass is 316 g/mol. The van der Waals surface area contributed by atoms with E-state index in [2.05, 4.69) is 9.64 Å². The van der Waals surface area contributed by atoms with Crippen LogP contribution in [-0.4, -0.2) is 51.0 Å². The van der Waals surface area contributed by atoms with Crippen molar-refractivity contribution in [3.8, 4) is 11.5 Å². The quantitative estimate of drug-likeness (QED) is 0.868. The van der Waals surface area contributed by atoms with Gasteiger partial charge >= 0.3 is 6.61 Å². The van der Waals surface area contributed by atoms with Crippen molar-refractivity contribution >= 4 is 0 Å². The molecule has 0 unspecified atom stereocenters. The summed E-state index contributed by atoms with van der Waals surface area (Å²) in [6.45, 7) is 0.227. The number of nitrogens with zero attached hydrogens (tertiary/aromatic N) is 1. The maximum Gasteiger partial charge on any atom is 0.387 e. The van der Waals surface area contributed by atoms with Gasteiger partial charge < -0.3 is 19.9 Å². The number of nitrogens with two attached hydrogens (primary N) is 1. The third-order valence-corrected chi connectivity index (χ3v) is 3.57. The van der Waals surface area contributed by atoms with Gasteiger partial charge in [0.1, 0.15) is 11.5 Å². The second-order valence-corrected chi connectivity index (χ2v) is 5.17. The lowest BCUT2D eigenvalue weighted by Gasteiger charge is -2.24. The molecule has 0 amide bonds. The molecule has 1 aliphatic rings. The molecule has 1 heterocycles. The minimum atomic E-state index is -2.85. The van der Waals surface area contributed by atoms with Crippen molar-refractivity contribution in [1.29, 1.82) is 0 Å². The van der Waals surface area contributed by atoms with E-state index in [-0.39, 0.29) is 11.9 Å². The van der Waals surface area contributed by atoms with Gasteiger partial charge in [-0.1, -0.05) is 0 Å². The number of rotatable bonds is 6. The smallest absolute Gasteiger partial charge is 0.387 e. The zero-order valence-corrected chi connectivity index (χ0v) is 12.6. The topological polar surface area (TPSA) is 57.0 Å². The second kappa shape index (κ2) is 8.26. The molecule has 1 atom stereocenters. The van der Waals surface area contributed by atoms with Crippen LogP contribution in [0.4, 0.5) is 8.78 Å². The minimum Gasteiger partial charge on any atom is -0.497 e. The van der Waals surface area contributed by atoms with E-state index in [4.69, 9.17) is 15.2 Å². The van der Waals surface area contributed by atoms with Crippen molar-refractivity contribution in [3.63, 3.8) is 0 Å². The van der Waals surface area contributed by atoms with E-state index in [1.807, 2.05) is 0 Å². The summed E-state index contributed by atoms with van der Waals surface area (Å²) in [6, 6.07) is 4.84. The van der Waals surface area contributed by atoms with Crippen LogP contribution in [0.15, 0.2) is 18.2 Å². The molecule has 1 saturated heterocycles. The Morgan fingerprint density at radius 3 is 2.95 bits per heavy atom. The van der Waals surface area contributed by atoms with Gasteiger partial charge in [-0.25, -0.2) is 0 Å². The molecule has 5 nitrogen and oxygen atoms in total. The predicted molar refractivity (Wildman–Crippen MR) is 78.3 cm³/mol. The van der Waals surface area contributed by atoms with Gasteiger partial charge in [0.05, 0.1) is 13.2 Å². The molecule has 0 aromatic heterocycles. The van der Waals surface area contributed by atoms with Crippen molar-refractivity contribution in [1.82, 2.24) is 4.90 Å². The van der Waals surface area contributed by atoms with Crippen LogP contribution in [0.3, 0.4) is 0 Å². The van der Waals surface area contributed by atoms with Crippen LogP contribution >= 0.6 is 0 Å². The first-order valence-corrected chi connectivity index (χ1v) is 7.28. The first-order valence-electron chi connectivity index (χ1n) is 7.28. The predicted octanol–water partition coefficient (Wildman–Crippen LogP) is 1.85. The normalized spacial score (nSPS) is 20.0. The molecule has 0 radical (unpaired) electrons. The molecule has 7 heteroatoms. The maximum absolute atomic E-state index is 12.5. The molecule has 1 fully saturated rings. The molecule has 0 saturated carbocycles. The van der Waals surface area contributed by atoms with E-state index in [0.29, 0.717) is 37.6 Å². The Morgan fingerprint density at radius 1 is 1.45 bits per heavy atom. The van der Waals surface area contributed by atoms with Crippen LogP contribution in [0.2, 0.25) is 0 Å². The van der Waals surface area contributed by atoms with E-state index < -0.39 is 6.61 Å². The standard InChI is InChI=1S/C15H22F2N2O3/c1-20-12-3-4-14(22-15(16)17)11(7-12)9-19-5-2-6-21-13(8-18)10-19/h3-4,7,13,15H,2,5-6,8-10,18H2,1H3/t13-/m0/s1. The van der Waals surface area contributed by atoms with E-state index >= 15 is 0 Å². The number of methoxy groups -OCH3 is 1. The van der Waals surface area contributed by atoms with Crippen LogP contribution in [0.5, 0.6) is 11.5 Å². The molecule has 1 aliphatic heterocycles. The summed E-state index contributed by atoms with van der Waals surface area (Å²) in [7, 11) is 1.54. The summed E-state index contributed by atoms with van der Waals surface area (Å²) in [6.07, 6.45) is 0.846. The number of ether oxygens (including phenoxy) is 3. The minimum absolute atomic E-state index is 0.0347. The fourth-order valence-electron chi connectivity index (χ4n) is 2.51. The van der Waals surface area contributed by atoms with Gasteiger partial charge in [-0.15, -0.1) is 0 Å². The zero-order chi connectivity index (χ0) is 15.9. The second-order valence-electron chi connectivity index (χ2n) is 5.17. The van der Waals surface area contributed by atoms with Gasteiger partial charge in [0.2, 0.25) is 0 Å². The Morgan fingerprint density at radius 2 is 2.27 bits per heavy atom. The lowest BCUT2D eigenvalue weighted by molar-refractivity contribution is -0.0508. The third kappa shape index (κ3) is 4.79. The highest BCUT2D eigenvalue weighted by molar-refractivity contribution is 5.40. The van der Waals surface area contributed by atoms with Crippen LogP contribution in [0.1, 0.15) is 12.0 Å². The molecule has 124 valence electrons. The Labute approximate surface area is 128 Å². The molecule has 0 aliphatic carbocycles. The van der Waals surface area contributed by atoms with Crippen LogP contribution in [0.25, 0.3) is 0 Å². The molecule has 22 heavy (non-hydrogen) atoms. The van der Waals surface area contributed by atoms with E-state index in [0.717, 1.165) is 13.0 Å². The van der Waals surface area contributed by atoms with E-state index in [1.165, 1.54) is 13.2 Å². The lowest BCUT2D eigenvalue weighted by Crippen LogP contribution is -2.35. The number of hydrogen-bond acceptors (Lipinski definition) is 5. The molecular weight excluding hydrogens is 294 g/mol. The molecule has 0 bridgehead atoms. The average molecular weight is 316 g/mol. The summed E-state index contributed by atoms with van der Waals surface area (Å²) < 4.78 is 40.5. The summed E-state index contributed by atoms with van der Waals surface area (Å²) in [5.74, 6) is 0.781. The average Bonchev–Trinajstić information content (AvgIpc) is 2.73. The summed E-state index contributed by atoms with van der Waals surface area (Å²) in [5, 5.41) is 0. The first-order chi connectivity index (χ1) is 10.6. The SMILES string of the molecule is COc1ccc(OC(F)F)c(CN2CCCO[C@@H](CN)C2)c1. The molecular formula is C15H22F2N2O3. The number of alkyl halides is 2. The summed E-state index contributed by atoms with van der Waals surface area (Å²) in [4.78, 5) is 2.14. The van der Waals surface area contributed by atoms with Crippen LogP contribution in [-0.2, 0) is 11.3 Å². The molecule has 2 N–H and O–H groups in total. The fraction of sp³-hybridized carbons (Fsp3) is 0.600. The van der Waals surface area contributed by atoms with Crippen molar-refractivity contribution in [2.24, 2.45) is 5.73 Å². The van der Waals surface area contributed by atoms with Gasteiger partial charge in [-0.05, 0) is 24.6 Å². The van der Waals surface area contributed by atoms with E-state index in [1.54, 1.807) is 12.1 Å². The summed E-state index contributed by atoms with van der Waals surface area (Å²) in [5.41, 5.74) is 6.34. The molecule has 1 aromatic carbocycles. The number of hydrogen-bond donors (Lipinski definition) is 1. The van der Waals surface area contributed by atoms with Gasteiger partial charge in [0, 0.05) is 38.3 Å². The molecule has 0 spiro atoms. The van der Waals surface area contributed by atoms with Gasteiger partial charge in [-0.3, -0.25) is 4.90 Å². The number of halogens is 2. The van der Waals surface area contributed by atoms with Gasteiger partial charge in [0.25, 0.3) is 0 Å². The van der Waals surface area contributed by atoms with Crippen molar-refractivity contribution in [3.05, 3.63) is 23.8 Å². The lowest BCUT2D eigenvalue weighted by atomic mass is 10.1.